The average molecular weight is 302 g/mol. The number of aromatic nitrogens is 3. The van der Waals surface area contributed by atoms with Crippen LogP contribution >= 0.6 is 0 Å². The molecular weight excluding hydrogens is 280 g/mol. The van der Waals surface area contributed by atoms with E-state index in [1.54, 1.807) is 19.3 Å². The standard InChI is InChI=1S/C16H22N4O2/c1-10-8-14(12(3)22-10)16(21)18-11(2)15-19-17-9-20(15)13-6-4-5-7-13/h8-9,11,13H,4-7H2,1-3H3,(H,18,21)/t11-/m0/s1. The summed E-state index contributed by atoms with van der Waals surface area (Å²) in [5.41, 5.74) is 0.580. The number of aryl methyl sites for hydroxylation is 2. The Hall–Kier alpha value is -2.11. The van der Waals surface area contributed by atoms with Crippen molar-refractivity contribution in [2.45, 2.75) is 58.5 Å². The summed E-state index contributed by atoms with van der Waals surface area (Å²) < 4.78 is 7.54. The molecule has 0 aromatic carbocycles. The van der Waals surface area contributed by atoms with Crippen molar-refractivity contribution in [1.29, 1.82) is 0 Å². The van der Waals surface area contributed by atoms with Gasteiger partial charge in [-0.2, -0.15) is 0 Å². The van der Waals surface area contributed by atoms with Crippen LogP contribution in [0.25, 0.3) is 0 Å². The van der Waals surface area contributed by atoms with Gasteiger partial charge in [0.25, 0.3) is 5.91 Å². The summed E-state index contributed by atoms with van der Waals surface area (Å²) in [6, 6.07) is 2.03. The van der Waals surface area contributed by atoms with Gasteiger partial charge >= 0.3 is 0 Å². The first kappa shape index (κ1) is 14.8. The van der Waals surface area contributed by atoms with Crippen molar-refractivity contribution >= 4 is 5.91 Å². The van der Waals surface area contributed by atoms with Crippen LogP contribution in [-0.4, -0.2) is 20.7 Å². The molecule has 2 aromatic rings. The third-order valence-corrected chi connectivity index (χ3v) is 4.34. The Bertz CT molecular complexity index is 667. The zero-order valence-corrected chi connectivity index (χ0v) is 13.3. The Labute approximate surface area is 129 Å². The Morgan fingerprint density at radius 2 is 2.14 bits per heavy atom. The first-order chi connectivity index (χ1) is 10.6. The molecule has 0 saturated heterocycles. The van der Waals surface area contributed by atoms with Crippen molar-refractivity contribution in [3.63, 3.8) is 0 Å². The van der Waals surface area contributed by atoms with E-state index in [9.17, 15) is 4.79 Å². The van der Waals surface area contributed by atoms with E-state index in [0.717, 1.165) is 24.4 Å². The molecule has 0 bridgehead atoms. The van der Waals surface area contributed by atoms with Gasteiger partial charge in [-0.1, -0.05) is 12.8 Å². The SMILES string of the molecule is Cc1cc(C(=O)N[C@@H](C)c2nncn2C2CCCC2)c(C)o1. The Kier molecular flexibility index (Phi) is 4.00. The lowest BCUT2D eigenvalue weighted by Crippen LogP contribution is -2.29. The fraction of sp³-hybridized carbons (Fsp3) is 0.562. The highest BCUT2D eigenvalue weighted by Crippen LogP contribution is 2.31. The number of nitrogens with zero attached hydrogens (tertiary/aromatic N) is 3. The lowest BCUT2D eigenvalue weighted by molar-refractivity contribution is 0.0935. The molecule has 118 valence electrons. The number of furan rings is 1. The van der Waals surface area contributed by atoms with Gasteiger partial charge in [0.05, 0.1) is 11.6 Å². The number of carbonyl (C=O) groups is 1. The molecule has 1 aliphatic rings. The number of nitrogens with one attached hydrogen (secondary N) is 1. The summed E-state index contributed by atoms with van der Waals surface area (Å²) in [5, 5.41) is 11.2. The molecule has 0 aliphatic heterocycles. The average Bonchev–Trinajstić information content (AvgIpc) is 3.17. The molecule has 0 spiro atoms. The summed E-state index contributed by atoms with van der Waals surface area (Å²) in [7, 11) is 0. The van der Waals surface area contributed by atoms with Crippen molar-refractivity contribution in [2.24, 2.45) is 0 Å². The molecular formula is C16H22N4O2. The number of amides is 1. The first-order valence-corrected chi connectivity index (χ1v) is 7.83. The monoisotopic (exact) mass is 302 g/mol. The fourth-order valence-corrected chi connectivity index (χ4v) is 3.22. The quantitative estimate of drug-likeness (QED) is 0.942. The minimum Gasteiger partial charge on any atom is -0.466 e. The van der Waals surface area contributed by atoms with Crippen LogP contribution in [-0.2, 0) is 0 Å². The Balaban J connectivity index is 1.74. The molecule has 6 nitrogen and oxygen atoms in total. The highest BCUT2D eigenvalue weighted by molar-refractivity contribution is 5.95. The molecule has 22 heavy (non-hydrogen) atoms. The molecule has 0 unspecified atom stereocenters. The molecule has 0 radical (unpaired) electrons. The normalized spacial score (nSPS) is 16.9. The predicted octanol–water partition coefficient (Wildman–Crippen LogP) is 3.09. The second kappa shape index (κ2) is 5.94. The van der Waals surface area contributed by atoms with E-state index in [-0.39, 0.29) is 11.9 Å². The molecule has 1 saturated carbocycles. The minimum absolute atomic E-state index is 0.136. The van der Waals surface area contributed by atoms with Gasteiger partial charge in [0, 0.05) is 6.04 Å². The Morgan fingerprint density at radius 3 is 2.77 bits per heavy atom. The smallest absolute Gasteiger partial charge is 0.255 e. The van der Waals surface area contributed by atoms with Crippen LogP contribution in [0.1, 0.15) is 72.4 Å². The highest BCUT2D eigenvalue weighted by Gasteiger charge is 2.24. The predicted molar refractivity (Wildman–Crippen MR) is 81.6 cm³/mol. The van der Waals surface area contributed by atoms with Gasteiger partial charge in [-0.15, -0.1) is 10.2 Å². The van der Waals surface area contributed by atoms with Crippen LogP contribution in [0, 0.1) is 13.8 Å². The van der Waals surface area contributed by atoms with E-state index in [1.807, 2.05) is 13.8 Å². The lowest BCUT2D eigenvalue weighted by atomic mass is 10.2. The molecule has 3 rings (SSSR count). The van der Waals surface area contributed by atoms with E-state index < -0.39 is 0 Å². The van der Waals surface area contributed by atoms with Gasteiger partial charge in [-0.05, 0) is 39.7 Å². The molecule has 2 aromatic heterocycles. The number of hydrogen-bond acceptors (Lipinski definition) is 4. The van der Waals surface area contributed by atoms with E-state index in [0.29, 0.717) is 17.4 Å². The second-order valence-electron chi connectivity index (χ2n) is 6.06. The topological polar surface area (TPSA) is 73.0 Å². The molecule has 1 amide bonds. The zero-order chi connectivity index (χ0) is 15.7. The van der Waals surface area contributed by atoms with E-state index in [2.05, 4.69) is 20.1 Å². The van der Waals surface area contributed by atoms with Crippen LogP contribution in [0.2, 0.25) is 0 Å². The van der Waals surface area contributed by atoms with E-state index >= 15 is 0 Å². The number of hydrogen-bond donors (Lipinski definition) is 1. The third-order valence-electron chi connectivity index (χ3n) is 4.34. The van der Waals surface area contributed by atoms with Crippen LogP contribution < -0.4 is 5.32 Å². The maximum atomic E-state index is 12.4. The van der Waals surface area contributed by atoms with Crippen molar-refractivity contribution in [2.75, 3.05) is 0 Å². The number of carbonyl (C=O) groups excluding carboxylic acids is 1. The third kappa shape index (κ3) is 2.77. The number of rotatable bonds is 4. The van der Waals surface area contributed by atoms with Crippen LogP contribution in [0.15, 0.2) is 16.8 Å². The maximum Gasteiger partial charge on any atom is 0.255 e. The van der Waals surface area contributed by atoms with Gasteiger partial charge < -0.3 is 14.3 Å². The van der Waals surface area contributed by atoms with Crippen molar-refractivity contribution in [1.82, 2.24) is 20.1 Å². The molecule has 1 fully saturated rings. The minimum atomic E-state index is -0.190. The molecule has 1 N–H and O–H groups in total. The van der Waals surface area contributed by atoms with Crippen LogP contribution in [0.4, 0.5) is 0 Å². The van der Waals surface area contributed by atoms with Crippen molar-refractivity contribution in [3.8, 4) is 0 Å². The fourth-order valence-electron chi connectivity index (χ4n) is 3.22. The van der Waals surface area contributed by atoms with Gasteiger partial charge in [0.1, 0.15) is 17.8 Å². The first-order valence-electron chi connectivity index (χ1n) is 7.83. The van der Waals surface area contributed by atoms with Crippen LogP contribution in [0.3, 0.4) is 0 Å². The van der Waals surface area contributed by atoms with Gasteiger partial charge in [-0.25, -0.2) is 0 Å². The summed E-state index contributed by atoms with van der Waals surface area (Å²) in [6.45, 7) is 5.58. The van der Waals surface area contributed by atoms with Crippen LogP contribution in [0.5, 0.6) is 0 Å². The van der Waals surface area contributed by atoms with Crippen molar-refractivity contribution < 1.29 is 9.21 Å². The molecule has 1 aliphatic carbocycles. The molecule has 2 heterocycles. The van der Waals surface area contributed by atoms with E-state index in [4.69, 9.17) is 4.42 Å². The summed E-state index contributed by atoms with van der Waals surface area (Å²) in [4.78, 5) is 12.4. The van der Waals surface area contributed by atoms with Gasteiger partial charge in [0.2, 0.25) is 0 Å². The summed E-state index contributed by atoms with van der Waals surface area (Å²) in [5.74, 6) is 2.06. The largest absolute Gasteiger partial charge is 0.466 e. The summed E-state index contributed by atoms with van der Waals surface area (Å²) in [6.07, 6.45) is 6.59. The molecule has 1 atom stereocenters. The lowest BCUT2D eigenvalue weighted by Gasteiger charge is -2.18. The van der Waals surface area contributed by atoms with Gasteiger partial charge in [0.15, 0.2) is 5.82 Å². The molecule has 6 heteroatoms. The highest BCUT2D eigenvalue weighted by atomic mass is 16.3. The van der Waals surface area contributed by atoms with Gasteiger partial charge in [-0.3, -0.25) is 4.79 Å². The Morgan fingerprint density at radius 1 is 1.41 bits per heavy atom. The van der Waals surface area contributed by atoms with Crippen molar-refractivity contribution in [3.05, 3.63) is 35.3 Å². The zero-order valence-electron chi connectivity index (χ0n) is 13.3. The van der Waals surface area contributed by atoms with E-state index in [1.165, 1.54) is 12.8 Å². The maximum absolute atomic E-state index is 12.4. The summed E-state index contributed by atoms with van der Waals surface area (Å²) >= 11 is 0. The second-order valence-corrected chi connectivity index (χ2v) is 6.06.